The molecule has 1 aliphatic rings. The minimum Gasteiger partial charge on any atom is -0.0622 e. The van der Waals surface area contributed by atoms with Gasteiger partial charge in [-0.25, -0.2) is 0 Å². The first-order chi connectivity index (χ1) is 30.2. The Morgan fingerprint density at radius 1 is 0.164 bits per heavy atom. The standard InChI is InChI=1S/C61H42/c1-3-11-43(12-4-1)45-19-23-47(24-20-45)49-27-31-51(32-28-49)53-35-39-55(40-36-53)61(59-17-9-7-15-57(59)58-16-8-10-18-60(58)61)56-41-37-54(38-42-56)52-33-29-50(30-34-52)48-25-21-46(22-26-48)44-13-5-2-6-14-44/h1-42H. The van der Waals surface area contributed by atoms with E-state index in [0.717, 1.165) is 0 Å². The molecule has 0 saturated carbocycles. The Morgan fingerprint density at radius 3 is 0.623 bits per heavy atom. The minimum absolute atomic E-state index is 0.463. The van der Waals surface area contributed by atoms with Crippen LogP contribution in [-0.2, 0) is 5.41 Å². The van der Waals surface area contributed by atoms with Gasteiger partial charge in [-0.15, -0.1) is 0 Å². The summed E-state index contributed by atoms with van der Waals surface area (Å²) in [6.07, 6.45) is 0. The molecule has 0 spiro atoms. The van der Waals surface area contributed by atoms with Crippen molar-refractivity contribution in [1.29, 1.82) is 0 Å². The molecule has 0 atom stereocenters. The third-order valence-electron chi connectivity index (χ3n) is 12.7. The van der Waals surface area contributed by atoms with Gasteiger partial charge in [0.1, 0.15) is 0 Å². The molecular weight excluding hydrogens is 733 g/mol. The van der Waals surface area contributed by atoms with Crippen molar-refractivity contribution in [1.82, 2.24) is 0 Å². The fourth-order valence-corrected chi connectivity index (χ4v) is 9.53. The molecule has 1 aliphatic carbocycles. The largest absolute Gasteiger partial charge is 0.0713 e. The van der Waals surface area contributed by atoms with E-state index in [0.29, 0.717) is 0 Å². The van der Waals surface area contributed by atoms with E-state index >= 15 is 0 Å². The van der Waals surface area contributed by atoms with E-state index in [4.69, 9.17) is 0 Å². The first-order valence-corrected chi connectivity index (χ1v) is 21.2. The zero-order valence-electron chi connectivity index (χ0n) is 33.7. The second-order valence-electron chi connectivity index (χ2n) is 16.0. The molecule has 0 bridgehead atoms. The topological polar surface area (TPSA) is 0 Å². The number of rotatable bonds is 8. The Balaban J connectivity index is 0.903. The van der Waals surface area contributed by atoms with Crippen LogP contribution < -0.4 is 0 Å². The monoisotopic (exact) mass is 774 g/mol. The molecule has 0 fully saturated rings. The summed E-state index contributed by atoms with van der Waals surface area (Å²) in [7, 11) is 0. The molecule has 0 amide bonds. The number of benzene rings is 10. The summed E-state index contributed by atoms with van der Waals surface area (Å²) in [5.74, 6) is 0. The van der Waals surface area contributed by atoms with Gasteiger partial charge in [0, 0.05) is 0 Å². The van der Waals surface area contributed by atoms with Crippen molar-refractivity contribution in [3.63, 3.8) is 0 Å². The Kier molecular flexibility index (Phi) is 9.17. The van der Waals surface area contributed by atoms with Gasteiger partial charge in [-0.2, -0.15) is 0 Å². The van der Waals surface area contributed by atoms with E-state index in [1.54, 1.807) is 0 Å². The van der Waals surface area contributed by atoms with Gasteiger partial charge in [0.25, 0.3) is 0 Å². The Labute approximate surface area is 358 Å². The van der Waals surface area contributed by atoms with Gasteiger partial charge in [-0.1, -0.05) is 255 Å². The van der Waals surface area contributed by atoms with Gasteiger partial charge in [-0.05, 0) is 100 Å². The summed E-state index contributed by atoms with van der Waals surface area (Å²) in [6, 6.07) is 93.3. The fourth-order valence-electron chi connectivity index (χ4n) is 9.53. The van der Waals surface area contributed by atoms with E-state index in [9.17, 15) is 0 Å². The van der Waals surface area contributed by atoms with E-state index in [2.05, 4.69) is 255 Å². The van der Waals surface area contributed by atoms with Crippen LogP contribution >= 0.6 is 0 Å². The van der Waals surface area contributed by atoms with Crippen molar-refractivity contribution < 1.29 is 0 Å². The van der Waals surface area contributed by atoms with E-state index in [1.165, 1.54) is 100 Å². The fraction of sp³-hybridized carbons (Fsp3) is 0.0164. The van der Waals surface area contributed by atoms with Gasteiger partial charge in [0.15, 0.2) is 0 Å². The third-order valence-corrected chi connectivity index (χ3v) is 12.7. The SMILES string of the molecule is c1ccc(-c2ccc(-c3ccc(-c4ccc(C5(c6ccc(-c7ccc(-c8ccc(-c9ccccc9)cc8)cc7)cc6)c6ccccc6-c6ccccc65)cc4)cc3)cc2)cc1. The van der Waals surface area contributed by atoms with Gasteiger partial charge < -0.3 is 0 Å². The minimum atomic E-state index is -0.463. The summed E-state index contributed by atoms with van der Waals surface area (Å²) in [5.41, 5.74) is 21.9. The summed E-state index contributed by atoms with van der Waals surface area (Å²) < 4.78 is 0. The predicted molar refractivity (Wildman–Crippen MR) is 256 cm³/mol. The van der Waals surface area contributed by atoms with Crippen molar-refractivity contribution in [3.05, 3.63) is 277 Å². The lowest BCUT2D eigenvalue weighted by molar-refractivity contribution is 0.769. The molecule has 0 nitrogen and oxygen atoms in total. The number of hydrogen-bond acceptors (Lipinski definition) is 0. The maximum absolute atomic E-state index is 2.35. The Bertz CT molecular complexity index is 2870. The molecule has 0 N–H and O–H groups in total. The molecule has 0 saturated heterocycles. The van der Waals surface area contributed by atoms with Crippen LogP contribution in [0.25, 0.3) is 77.9 Å². The van der Waals surface area contributed by atoms with Gasteiger partial charge >= 0.3 is 0 Å². The molecule has 286 valence electrons. The van der Waals surface area contributed by atoms with Crippen LogP contribution in [-0.4, -0.2) is 0 Å². The highest BCUT2D eigenvalue weighted by molar-refractivity contribution is 5.87. The molecule has 0 unspecified atom stereocenters. The van der Waals surface area contributed by atoms with Crippen LogP contribution in [0.5, 0.6) is 0 Å². The van der Waals surface area contributed by atoms with E-state index in [1.807, 2.05) is 0 Å². The zero-order chi connectivity index (χ0) is 40.6. The molecule has 61 heavy (non-hydrogen) atoms. The molecule has 10 aromatic carbocycles. The Hall–Kier alpha value is -7.80. The molecule has 0 heterocycles. The van der Waals surface area contributed by atoms with Crippen LogP contribution in [0.1, 0.15) is 22.3 Å². The van der Waals surface area contributed by atoms with Crippen LogP contribution in [0.2, 0.25) is 0 Å². The maximum atomic E-state index is 2.35. The number of fused-ring (bicyclic) bond motifs is 3. The maximum Gasteiger partial charge on any atom is 0.0713 e. The number of hydrogen-bond donors (Lipinski definition) is 0. The van der Waals surface area contributed by atoms with Crippen molar-refractivity contribution >= 4 is 0 Å². The highest BCUT2D eigenvalue weighted by atomic mass is 14.5. The average molecular weight is 775 g/mol. The zero-order valence-corrected chi connectivity index (χ0v) is 33.7. The predicted octanol–water partition coefficient (Wildman–Crippen LogP) is 16.1. The molecule has 0 aliphatic heterocycles. The molecule has 0 heteroatoms. The third kappa shape index (κ3) is 6.51. The molecule has 0 radical (unpaired) electrons. The van der Waals surface area contributed by atoms with Crippen LogP contribution in [0, 0.1) is 0 Å². The summed E-state index contributed by atoms with van der Waals surface area (Å²) in [6.45, 7) is 0. The lowest BCUT2D eigenvalue weighted by atomic mass is 9.67. The summed E-state index contributed by atoms with van der Waals surface area (Å²) in [4.78, 5) is 0. The average Bonchev–Trinajstić information content (AvgIpc) is 3.66. The highest BCUT2D eigenvalue weighted by Crippen LogP contribution is 2.56. The smallest absolute Gasteiger partial charge is 0.0622 e. The lowest BCUT2D eigenvalue weighted by Crippen LogP contribution is -2.28. The van der Waals surface area contributed by atoms with E-state index < -0.39 is 5.41 Å². The Morgan fingerprint density at radius 2 is 0.361 bits per heavy atom. The van der Waals surface area contributed by atoms with Crippen LogP contribution in [0.15, 0.2) is 255 Å². The van der Waals surface area contributed by atoms with Gasteiger partial charge in [0.05, 0.1) is 5.41 Å². The highest BCUT2D eigenvalue weighted by Gasteiger charge is 2.45. The second kappa shape index (κ2) is 15.4. The van der Waals surface area contributed by atoms with Crippen LogP contribution in [0.3, 0.4) is 0 Å². The molecule has 0 aromatic heterocycles. The van der Waals surface area contributed by atoms with Crippen molar-refractivity contribution in [2.45, 2.75) is 5.41 Å². The van der Waals surface area contributed by atoms with E-state index in [-0.39, 0.29) is 0 Å². The molecule has 10 aromatic rings. The van der Waals surface area contributed by atoms with Crippen molar-refractivity contribution in [2.24, 2.45) is 0 Å². The first kappa shape index (κ1) is 36.3. The van der Waals surface area contributed by atoms with Gasteiger partial charge in [0.2, 0.25) is 0 Å². The van der Waals surface area contributed by atoms with Crippen molar-refractivity contribution in [2.75, 3.05) is 0 Å². The summed E-state index contributed by atoms with van der Waals surface area (Å²) in [5, 5.41) is 0. The van der Waals surface area contributed by atoms with Crippen molar-refractivity contribution in [3.8, 4) is 77.9 Å². The molecular formula is C61H42. The molecule has 11 rings (SSSR count). The summed E-state index contributed by atoms with van der Waals surface area (Å²) >= 11 is 0. The second-order valence-corrected chi connectivity index (χ2v) is 16.0. The lowest BCUT2D eigenvalue weighted by Gasteiger charge is -2.34. The normalized spacial score (nSPS) is 12.4. The van der Waals surface area contributed by atoms with Crippen LogP contribution in [0.4, 0.5) is 0 Å². The first-order valence-electron chi connectivity index (χ1n) is 21.2. The quantitative estimate of drug-likeness (QED) is 0.144. The van der Waals surface area contributed by atoms with Gasteiger partial charge in [-0.3, -0.25) is 0 Å².